The van der Waals surface area contributed by atoms with Crippen LogP contribution in [0, 0.1) is 6.92 Å². The fourth-order valence-corrected chi connectivity index (χ4v) is 6.28. The van der Waals surface area contributed by atoms with E-state index in [9.17, 15) is 4.79 Å². The molecule has 0 spiro atoms. The lowest BCUT2D eigenvalue weighted by Gasteiger charge is -2.42. The lowest BCUT2D eigenvalue weighted by atomic mass is 9.63. The number of hydrogen-bond donors (Lipinski definition) is 1. The van der Waals surface area contributed by atoms with Crippen molar-refractivity contribution in [2.45, 2.75) is 56.3 Å². The van der Waals surface area contributed by atoms with Crippen molar-refractivity contribution in [2.24, 2.45) is 0 Å². The molecule has 2 aromatic carbocycles. The highest BCUT2D eigenvalue weighted by molar-refractivity contribution is 7.99. The molecule has 1 fully saturated rings. The highest BCUT2D eigenvalue weighted by Gasteiger charge is 2.36. The standard InChI is InChI=1S/C25H27NO2S/c1-4-25(11-5-12-25)17-8-6-16(7-9-17)20-19(28-3)14-15(2)22-21(20)18-10-13-29-23(18)24(27)26-22/h6-9,14H,4-5,10-13H2,1-3H3,(H,26,27). The predicted octanol–water partition coefficient (Wildman–Crippen LogP) is 5.99. The van der Waals surface area contributed by atoms with Gasteiger partial charge in [-0.2, -0.15) is 0 Å². The molecule has 0 bridgehead atoms. The van der Waals surface area contributed by atoms with E-state index in [0.29, 0.717) is 5.41 Å². The van der Waals surface area contributed by atoms with E-state index >= 15 is 0 Å². The third-order valence-corrected chi connectivity index (χ3v) is 8.23. The molecular weight excluding hydrogens is 378 g/mol. The molecule has 1 N–H and O–H groups in total. The third kappa shape index (κ3) is 2.76. The van der Waals surface area contributed by atoms with Crippen molar-refractivity contribution >= 4 is 22.7 Å². The van der Waals surface area contributed by atoms with Gasteiger partial charge in [-0.3, -0.25) is 4.79 Å². The van der Waals surface area contributed by atoms with Gasteiger partial charge < -0.3 is 9.72 Å². The number of pyridine rings is 1. The predicted molar refractivity (Wildman–Crippen MR) is 122 cm³/mol. The first-order chi connectivity index (χ1) is 14.1. The Labute approximate surface area is 175 Å². The van der Waals surface area contributed by atoms with Gasteiger partial charge >= 0.3 is 0 Å². The second-order valence-electron chi connectivity index (χ2n) is 8.45. The molecule has 0 amide bonds. The molecule has 0 unspecified atom stereocenters. The van der Waals surface area contributed by atoms with E-state index in [1.165, 1.54) is 36.8 Å². The Hall–Kier alpha value is -2.20. The smallest absolute Gasteiger partial charge is 0.262 e. The van der Waals surface area contributed by atoms with Crippen LogP contribution < -0.4 is 10.3 Å². The van der Waals surface area contributed by atoms with Gasteiger partial charge in [0.2, 0.25) is 0 Å². The van der Waals surface area contributed by atoms with Crippen LogP contribution in [0.4, 0.5) is 0 Å². The zero-order valence-electron chi connectivity index (χ0n) is 17.4. The molecule has 1 aliphatic heterocycles. The molecular formula is C25H27NO2S. The van der Waals surface area contributed by atoms with E-state index in [-0.39, 0.29) is 5.56 Å². The van der Waals surface area contributed by atoms with E-state index in [0.717, 1.165) is 50.4 Å². The molecule has 0 atom stereocenters. The summed E-state index contributed by atoms with van der Waals surface area (Å²) in [5, 5.41) is 1.16. The Balaban J connectivity index is 1.75. The fraction of sp³-hybridized carbons (Fsp3) is 0.400. The Bertz CT molecular complexity index is 1150. The highest BCUT2D eigenvalue weighted by atomic mass is 32.2. The summed E-state index contributed by atoms with van der Waals surface area (Å²) in [6, 6.07) is 11.2. The molecule has 2 heterocycles. The molecule has 3 aromatic rings. The van der Waals surface area contributed by atoms with Gasteiger partial charge in [0.05, 0.1) is 17.5 Å². The van der Waals surface area contributed by atoms with Crippen LogP contribution in [0.25, 0.3) is 22.0 Å². The van der Waals surface area contributed by atoms with Crippen LogP contribution in [0.2, 0.25) is 0 Å². The van der Waals surface area contributed by atoms with E-state index in [2.05, 4.69) is 42.2 Å². The highest BCUT2D eigenvalue weighted by Crippen LogP contribution is 2.48. The topological polar surface area (TPSA) is 42.1 Å². The number of H-pyrrole nitrogens is 1. The maximum Gasteiger partial charge on any atom is 0.262 e. The summed E-state index contributed by atoms with van der Waals surface area (Å²) in [6.45, 7) is 4.35. The quantitative estimate of drug-likeness (QED) is 0.579. The number of aryl methyl sites for hydroxylation is 2. The average molecular weight is 406 g/mol. The minimum Gasteiger partial charge on any atom is -0.496 e. The lowest BCUT2D eigenvalue weighted by Crippen LogP contribution is -2.33. The molecule has 3 nitrogen and oxygen atoms in total. The summed E-state index contributed by atoms with van der Waals surface area (Å²) in [7, 11) is 1.74. The van der Waals surface area contributed by atoms with Gasteiger partial charge in [0.1, 0.15) is 5.75 Å². The largest absolute Gasteiger partial charge is 0.496 e. The first-order valence-electron chi connectivity index (χ1n) is 10.6. The zero-order chi connectivity index (χ0) is 20.2. The van der Waals surface area contributed by atoms with E-state index < -0.39 is 0 Å². The normalized spacial score (nSPS) is 17.2. The van der Waals surface area contributed by atoms with Crippen LogP contribution in [0.5, 0.6) is 5.75 Å². The molecule has 2 aliphatic rings. The van der Waals surface area contributed by atoms with Crippen LogP contribution in [-0.4, -0.2) is 17.8 Å². The summed E-state index contributed by atoms with van der Waals surface area (Å²) < 4.78 is 5.83. The maximum absolute atomic E-state index is 12.6. The van der Waals surface area contributed by atoms with Crippen molar-refractivity contribution in [3.05, 3.63) is 57.4 Å². The van der Waals surface area contributed by atoms with Gasteiger partial charge in [0.15, 0.2) is 0 Å². The molecule has 150 valence electrons. The van der Waals surface area contributed by atoms with Crippen LogP contribution in [-0.2, 0) is 11.8 Å². The summed E-state index contributed by atoms with van der Waals surface area (Å²) >= 11 is 1.67. The number of benzene rings is 2. The fourth-order valence-electron chi connectivity index (χ4n) is 5.20. The molecule has 0 saturated heterocycles. The Morgan fingerprint density at radius 1 is 1.21 bits per heavy atom. The third-order valence-electron chi connectivity index (χ3n) is 7.10. The number of fused-ring (bicyclic) bond motifs is 3. The summed E-state index contributed by atoms with van der Waals surface area (Å²) in [5.74, 6) is 1.84. The van der Waals surface area contributed by atoms with E-state index in [1.54, 1.807) is 18.9 Å². The second-order valence-corrected chi connectivity index (χ2v) is 9.55. The number of nitrogens with one attached hydrogen (secondary N) is 1. The molecule has 4 heteroatoms. The van der Waals surface area contributed by atoms with Crippen molar-refractivity contribution in [3.8, 4) is 16.9 Å². The number of methoxy groups -OCH3 is 1. The van der Waals surface area contributed by atoms with Crippen molar-refractivity contribution in [2.75, 3.05) is 12.9 Å². The number of thioether (sulfide) groups is 1. The van der Waals surface area contributed by atoms with Crippen molar-refractivity contribution in [1.29, 1.82) is 0 Å². The molecule has 1 saturated carbocycles. The van der Waals surface area contributed by atoms with Crippen LogP contribution in [0.3, 0.4) is 0 Å². The van der Waals surface area contributed by atoms with Gasteiger partial charge in [0.25, 0.3) is 5.56 Å². The SMILES string of the molecule is CCC1(c2ccc(-c3c(OC)cc(C)c4[nH]c(=O)c5c(c34)CCS5)cc2)CCC1. The maximum atomic E-state index is 12.6. The Morgan fingerprint density at radius 2 is 1.97 bits per heavy atom. The molecule has 1 aliphatic carbocycles. The second kappa shape index (κ2) is 6.94. The number of rotatable bonds is 4. The average Bonchev–Trinajstić information content (AvgIpc) is 3.19. The van der Waals surface area contributed by atoms with Gasteiger partial charge in [-0.25, -0.2) is 0 Å². The number of aromatic nitrogens is 1. The van der Waals surface area contributed by atoms with Gasteiger partial charge in [0, 0.05) is 16.7 Å². The Morgan fingerprint density at radius 3 is 2.59 bits per heavy atom. The molecule has 29 heavy (non-hydrogen) atoms. The first-order valence-corrected chi connectivity index (χ1v) is 11.6. The van der Waals surface area contributed by atoms with E-state index in [4.69, 9.17) is 4.74 Å². The van der Waals surface area contributed by atoms with Gasteiger partial charge in [-0.15, -0.1) is 11.8 Å². The van der Waals surface area contributed by atoms with Crippen molar-refractivity contribution < 1.29 is 4.74 Å². The Kier molecular flexibility index (Phi) is 4.50. The number of ether oxygens (including phenoxy) is 1. The minimum atomic E-state index is 0.0411. The molecule has 0 radical (unpaired) electrons. The summed E-state index contributed by atoms with van der Waals surface area (Å²) in [5.41, 5.74) is 7.31. The number of aromatic amines is 1. The monoisotopic (exact) mass is 405 g/mol. The van der Waals surface area contributed by atoms with Crippen LogP contribution >= 0.6 is 11.8 Å². The lowest BCUT2D eigenvalue weighted by molar-refractivity contribution is 0.235. The van der Waals surface area contributed by atoms with Crippen molar-refractivity contribution in [3.63, 3.8) is 0 Å². The van der Waals surface area contributed by atoms with Gasteiger partial charge in [-0.05, 0) is 66.3 Å². The van der Waals surface area contributed by atoms with E-state index in [1.807, 2.05) is 6.92 Å². The summed E-state index contributed by atoms with van der Waals surface area (Å²) in [4.78, 5) is 16.6. The van der Waals surface area contributed by atoms with Gasteiger partial charge in [-0.1, -0.05) is 37.6 Å². The number of hydrogen-bond acceptors (Lipinski definition) is 3. The molecule has 5 rings (SSSR count). The van der Waals surface area contributed by atoms with Crippen LogP contribution in [0.15, 0.2) is 40.0 Å². The van der Waals surface area contributed by atoms with Crippen LogP contribution in [0.1, 0.15) is 49.3 Å². The summed E-state index contributed by atoms with van der Waals surface area (Å²) in [6.07, 6.45) is 6.06. The zero-order valence-corrected chi connectivity index (χ0v) is 18.2. The molecule has 1 aromatic heterocycles. The first kappa shape index (κ1) is 18.8. The van der Waals surface area contributed by atoms with Crippen molar-refractivity contribution in [1.82, 2.24) is 4.98 Å². The minimum absolute atomic E-state index is 0.0411.